The predicted molar refractivity (Wildman–Crippen MR) is 70.7 cm³/mol. The summed E-state index contributed by atoms with van der Waals surface area (Å²) < 4.78 is 0. The number of rotatable bonds is 3. The molecule has 2 N–H and O–H groups in total. The van der Waals surface area contributed by atoms with E-state index in [0.29, 0.717) is 10.4 Å². The van der Waals surface area contributed by atoms with Crippen LogP contribution in [0.1, 0.15) is 42.4 Å². The Hall–Kier alpha value is -1.17. The lowest BCUT2D eigenvalue weighted by Crippen LogP contribution is -2.39. The molecule has 1 saturated heterocycles. The van der Waals surface area contributed by atoms with Crippen molar-refractivity contribution in [2.45, 2.75) is 32.6 Å². The molecule has 2 fully saturated rings. The fraction of sp³-hybridized carbons (Fsp3) is 0.750. The van der Waals surface area contributed by atoms with Crippen molar-refractivity contribution in [1.82, 2.24) is 10.2 Å². The van der Waals surface area contributed by atoms with Gasteiger partial charge in [0.05, 0.1) is 0 Å². The number of piperidine rings is 1. The maximum Gasteiger partial charge on any atom is 0.279 e. The van der Waals surface area contributed by atoms with Gasteiger partial charge in [0.25, 0.3) is 5.91 Å². The van der Waals surface area contributed by atoms with Gasteiger partial charge in [0.15, 0.2) is 0 Å². The van der Waals surface area contributed by atoms with Gasteiger partial charge in [-0.2, -0.15) is 0 Å². The van der Waals surface area contributed by atoms with Gasteiger partial charge in [0.2, 0.25) is 10.1 Å². The third-order valence-corrected chi connectivity index (χ3v) is 5.36. The second kappa shape index (κ2) is 4.19. The van der Waals surface area contributed by atoms with Gasteiger partial charge in [-0.1, -0.05) is 18.3 Å². The van der Waals surface area contributed by atoms with Crippen molar-refractivity contribution in [2.24, 2.45) is 17.1 Å². The van der Waals surface area contributed by atoms with Gasteiger partial charge in [-0.15, -0.1) is 10.2 Å². The Balaban J connectivity index is 1.66. The Morgan fingerprint density at radius 3 is 2.56 bits per heavy atom. The van der Waals surface area contributed by atoms with E-state index < -0.39 is 5.91 Å². The van der Waals surface area contributed by atoms with Crippen molar-refractivity contribution in [2.75, 3.05) is 18.0 Å². The van der Waals surface area contributed by atoms with Crippen LogP contribution in [0.4, 0.5) is 5.13 Å². The van der Waals surface area contributed by atoms with Crippen LogP contribution in [-0.4, -0.2) is 29.2 Å². The molecule has 1 aliphatic heterocycles. The van der Waals surface area contributed by atoms with Crippen LogP contribution >= 0.6 is 11.3 Å². The minimum absolute atomic E-state index is 0.306. The van der Waals surface area contributed by atoms with E-state index in [1.807, 2.05) is 0 Å². The van der Waals surface area contributed by atoms with Crippen molar-refractivity contribution in [3.63, 3.8) is 0 Å². The molecule has 1 amide bonds. The highest BCUT2D eigenvalue weighted by molar-refractivity contribution is 7.17. The lowest BCUT2D eigenvalue weighted by atomic mass is 9.76. The molecule has 2 aliphatic rings. The summed E-state index contributed by atoms with van der Waals surface area (Å²) in [5, 5.41) is 9.03. The zero-order chi connectivity index (χ0) is 12.8. The topological polar surface area (TPSA) is 72.1 Å². The molecule has 5 nitrogen and oxygen atoms in total. The van der Waals surface area contributed by atoms with Gasteiger partial charge in [-0.3, -0.25) is 4.79 Å². The molecule has 0 aromatic carbocycles. The first kappa shape index (κ1) is 11.9. The van der Waals surface area contributed by atoms with Gasteiger partial charge >= 0.3 is 0 Å². The second-order valence-electron chi connectivity index (χ2n) is 5.67. The SMILES string of the molecule is CC1(C2CC2)CCN(c2nnc(C(N)=O)s2)CC1. The van der Waals surface area contributed by atoms with E-state index in [4.69, 9.17) is 5.73 Å². The van der Waals surface area contributed by atoms with Gasteiger partial charge in [-0.05, 0) is 37.0 Å². The minimum Gasteiger partial charge on any atom is -0.363 e. The molecule has 2 heterocycles. The van der Waals surface area contributed by atoms with Crippen LogP contribution in [0.5, 0.6) is 0 Å². The largest absolute Gasteiger partial charge is 0.363 e. The molecular weight excluding hydrogens is 248 g/mol. The smallest absolute Gasteiger partial charge is 0.279 e. The molecule has 0 atom stereocenters. The monoisotopic (exact) mass is 266 g/mol. The summed E-state index contributed by atoms with van der Waals surface area (Å²) in [6.07, 6.45) is 5.23. The standard InChI is InChI=1S/C12H18N4OS/c1-12(8-2-3-8)4-6-16(7-5-12)11-15-14-10(18-11)9(13)17/h8H,2-7H2,1H3,(H2,13,17). The normalized spacial score (nSPS) is 23.1. The number of anilines is 1. The zero-order valence-corrected chi connectivity index (χ0v) is 11.4. The van der Waals surface area contributed by atoms with Crippen molar-refractivity contribution < 1.29 is 4.79 Å². The molecule has 0 spiro atoms. The molecule has 18 heavy (non-hydrogen) atoms. The number of aromatic nitrogens is 2. The number of hydrogen-bond acceptors (Lipinski definition) is 5. The number of amides is 1. The van der Waals surface area contributed by atoms with Crippen LogP contribution in [0.2, 0.25) is 0 Å². The number of nitrogens with two attached hydrogens (primary N) is 1. The first-order chi connectivity index (χ1) is 8.58. The Morgan fingerprint density at radius 2 is 2.06 bits per heavy atom. The van der Waals surface area contributed by atoms with E-state index in [1.165, 1.54) is 37.0 Å². The van der Waals surface area contributed by atoms with E-state index in [0.717, 1.165) is 24.1 Å². The maximum absolute atomic E-state index is 11.0. The zero-order valence-electron chi connectivity index (χ0n) is 10.6. The summed E-state index contributed by atoms with van der Waals surface area (Å²) in [6.45, 7) is 4.44. The lowest BCUT2D eigenvalue weighted by molar-refractivity contribution is 0.0999. The first-order valence-corrected chi connectivity index (χ1v) is 7.28. The molecule has 0 unspecified atom stereocenters. The van der Waals surface area contributed by atoms with Crippen LogP contribution in [0.15, 0.2) is 0 Å². The van der Waals surface area contributed by atoms with Crippen LogP contribution in [0, 0.1) is 11.3 Å². The number of hydrogen-bond donors (Lipinski definition) is 1. The molecule has 1 aromatic rings. The second-order valence-corrected chi connectivity index (χ2v) is 6.63. The Labute approximate surface area is 110 Å². The molecule has 0 bridgehead atoms. The fourth-order valence-corrected chi connectivity index (χ4v) is 3.59. The molecule has 1 aromatic heterocycles. The Bertz CT molecular complexity index is 460. The van der Waals surface area contributed by atoms with Gasteiger partial charge in [-0.25, -0.2) is 0 Å². The van der Waals surface area contributed by atoms with Crippen molar-refractivity contribution in [1.29, 1.82) is 0 Å². The molecule has 98 valence electrons. The van der Waals surface area contributed by atoms with Gasteiger partial charge < -0.3 is 10.6 Å². The molecule has 3 rings (SSSR count). The van der Waals surface area contributed by atoms with Gasteiger partial charge in [0.1, 0.15) is 0 Å². The predicted octanol–water partition coefficient (Wildman–Crippen LogP) is 1.65. The average molecular weight is 266 g/mol. The first-order valence-electron chi connectivity index (χ1n) is 6.47. The van der Waals surface area contributed by atoms with E-state index in [9.17, 15) is 4.79 Å². The fourth-order valence-electron chi connectivity index (χ4n) is 2.84. The Morgan fingerprint density at radius 1 is 1.39 bits per heavy atom. The van der Waals surface area contributed by atoms with Crippen molar-refractivity contribution >= 4 is 22.4 Å². The number of carbonyl (C=O) groups is 1. The molecule has 1 aliphatic carbocycles. The maximum atomic E-state index is 11.0. The minimum atomic E-state index is -0.487. The van der Waals surface area contributed by atoms with Crippen LogP contribution in [-0.2, 0) is 0 Å². The third kappa shape index (κ3) is 2.09. The van der Waals surface area contributed by atoms with Crippen molar-refractivity contribution in [3.05, 3.63) is 5.01 Å². The molecular formula is C12H18N4OS. The van der Waals surface area contributed by atoms with E-state index in [-0.39, 0.29) is 0 Å². The molecule has 6 heteroatoms. The summed E-state index contributed by atoms with van der Waals surface area (Å²) in [6, 6.07) is 0. The highest BCUT2D eigenvalue weighted by Crippen LogP contribution is 2.51. The van der Waals surface area contributed by atoms with Gasteiger partial charge in [0, 0.05) is 13.1 Å². The summed E-state index contributed by atoms with van der Waals surface area (Å²) in [5.41, 5.74) is 5.72. The lowest BCUT2D eigenvalue weighted by Gasteiger charge is -2.39. The average Bonchev–Trinajstić information content (AvgIpc) is 3.09. The van der Waals surface area contributed by atoms with Crippen LogP contribution in [0.3, 0.4) is 0 Å². The molecule has 0 radical (unpaired) electrons. The molecule has 1 saturated carbocycles. The summed E-state index contributed by atoms with van der Waals surface area (Å²) in [4.78, 5) is 13.2. The number of primary amides is 1. The number of carbonyl (C=O) groups excluding carboxylic acids is 1. The van der Waals surface area contributed by atoms with E-state index >= 15 is 0 Å². The van der Waals surface area contributed by atoms with Crippen LogP contribution < -0.4 is 10.6 Å². The third-order valence-electron chi connectivity index (χ3n) is 4.36. The summed E-state index contributed by atoms with van der Waals surface area (Å²) in [5.74, 6) is 0.453. The van der Waals surface area contributed by atoms with Crippen LogP contribution in [0.25, 0.3) is 0 Å². The number of nitrogens with zero attached hydrogens (tertiary/aromatic N) is 3. The highest BCUT2D eigenvalue weighted by atomic mass is 32.1. The van der Waals surface area contributed by atoms with Crippen molar-refractivity contribution in [3.8, 4) is 0 Å². The summed E-state index contributed by atoms with van der Waals surface area (Å²) >= 11 is 1.30. The quantitative estimate of drug-likeness (QED) is 0.903. The Kier molecular flexibility index (Phi) is 2.77. The summed E-state index contributed by atoms with van der Waals surface area (Å²) in [7, 11) is 0. The highest BCUT2D eigenvalue weighted by Gasteiger charge is 2.43. The van der Waals surface area contributed by atoms with E-state index in [2.05, 4.69) is 22.0 Å². The van der Waals surface area contributed by atoms with E-state index in [1.54, 1.807) is 0 Å².